The van der Waals surface area contributed by atoms with Crippen molar-refractivity contribution in [1.29, 1.82) is 0 Å². The fourth-order valence-corrected chi connectivity index (χ4v) is 2.62. The first-order valence-electron chi connectivity index (χ1n) is 7.63. The average Bonchev–Trinajstić information content (AvgIpc) is 2.93. The Labute approximate surface area is 132 Å². The van der Waals surface area contributed by atoms with E-state index < -0.39 is 0 Å². The summed E-state index contributed by atoms with van der Waals surface area (Å²) in [7, 11) is 0. The van der Waals surface area contributed by atoms with Gasteiger partial charge < -0.3 is 5.32 Å². The van der Waals surface area contributed by atoms with Crippen LogP contribution in [0.1, 0.15) is 50.5 Å². The Kier molecular flexibility index (Phi) is 5.83. The third kappa shape index (κ3) is 4.32. The topological polar surface area (TPSA) is 29.9 Å². The van der Waals surface area contributed by atoms with Gasteiger partial charge in [0.2, 0.25) is 0 Å². The van der Waals surface area contributed by atoms with Gasteiger partial charge >= 0.3 is 0 Å². The zero-order valence-electron chi connectivity index (χ0n) is 13.0. The smallest absolute Gasteiger partial charge is 0.0643 e. The van der Waals surface area contributed by atoms with Gasteiger partial charge in [0.05, 0.1) is 5.69 Å². The van der Waals surface area contributed by atoms with Crippen molar-refractivity contribution in [2.24, 2.45) is 0 Å². The molecule has 3 nitrogen and oxygen atoms in total. The molecule has 0 aliphatic heterocycles. The summed E-state index contributed by atoms with van der Waals surface area (Å²) in [6.07, 6.45) is 3.99. The minimum absolute atomic E-state index is 0.203. The monoisotopic (exact) mass is 305 g/mol. The van der Waals surface area contributed by atoms with Crippen molar-refractivity contribution in [3.8, 4) is 0 Å². The van der Waals surface area contributed by atoms with E-state index in [0.29, 0.717) is 6.04 Å². The quantitative estimate of drug-likeness (QED) is 0.821. The third-order valence-corrected chi connectivity index (χ3v) is 3.87. The fraction of sp³-hybridized carbons (Fsp3) is 0.471. The third-order valence-electron chi connectivity index (χ3n) is 3.53. The number of nitrogens with zero attached hydrogens (tertiary/aromatic N) is 2. The predicted octanol–water partition coefficient (Wildman–Crippen LogP) is 4.40. The molecular formula is C17H24ClN3. The first kappa shape index (κ1) is 16.1. The van der Waals surface area contributed by atoms with Crippen LogP contribution in [0.15, 0.2) is 36.5 Å². The van der Waals surface area contributed by atoms with Crippen LogP contribution in [0.4, 0.5) is 0 Å². The van der Waals surface area contributed by atoms with Gasteiger partial charge in [-0.3, -0.25) is 4.68 Å². The van der Waals surface area contributed by atoms with Crippen LogP contribution in [-0.4, -0.2) is 16.3 Å². The van der Waals surface area contributed by atoms with Crippen LogP contribution >= 0.6 is 11.6 Å². The molecule has 4 heteroatoms. The molecule has 0 amide bonds. The van der Waals surface area contributed by atoms with Crippen LogP contribution in [0.25, 0.3) is 0 Å². The lowest BCUT2D eigenvalue weighted by molar-refractivity contribution is 0.499. The molecule has 0 aliphatic carbocycles. The number of halogens is 1. The van der Waals surface area contributed by atoms with E-state index >= 15 is 0 Å². The van der Waals surface area contributed by atoms with Crippen molar-refractivity contribution >= 4 is 11.6 Å². The SMILES string of the molecule is CCCNC(Cc1ccn(C(C)C)n1)c1ccccc1Cl. The van der Waals surface area contributed by atoms with Crippen molar-refractivity contribution in [3.05, 3.63) is 52.8 Å². The van der Waals surface area contributed by atoms with Crippen LogP contribution in [0, 0.1) is 0 Å². The van der Waals surface area contributed by atoms with E-state index in [1.54, 1.807) is 0 Å². The summed E-state index contributed by atoms with van der Waals surface area (Å²) in [5, 5.41) is 9.04. The van der Waals surface area contributed by atoms with Gasteiger partial charge in [-0.1, -0.05) is 36.7 Å². The van der Waals surface area contributed by atoms with E-state index in [1.807, 2.05) is 29.1 Å². The molecule has 0 saturated carbocycles. The van der Waals surface area contributed by atoms with Gasteiger partial charge in [-0.2, -0.15) is 5.10 Å². The van der Waals surface area contributed by atoms with Gasteiger partial charge in [0.1, 0.15) is 0 Å². The summed E-state index contributed by atoms with van der Waals surface area (Å²) in [6, 6.07) is 10.7. The van der Waals surface area contributed by atoms with Crippen LogP contribution in [0.3, 0.4) is 0 Å². The molecule has 0 fully saturated rings. The second kappa shape index (κ2) is 7.62. The maximum Gasteiger partial charge on any atom is 0.0643 e. The van der Waals surface area contributed by atoms with Crippen molar-refractivity contribution in [2.75, 3.05) is 6.54 Å². The van der Waals surface area contributed by atoms with E-state index in [2.05, 4.69) is 43.3 Å². The van der Waals surface area contributed by atoms with Crippen LogP contribution < -0.4 is 5.32 Å². The number of aromatic nitrogens is 2. The van der Waals surface area contributed by atoms with Crippen LogP contribution in [-0.2, 0) is 6.42 Å². The molecule has 1 aromatic heterocycles. The van der Waals surface area contributed by atoms with E-state index in [0.717, 1.165) is 35.7 Å². The van der Waals surface area contributed by atoms with E-state index in [-0.39, 0.29) is 6.04 Å². The molecule has 0 spiro atoms. The number of hydrogen-bond acceptors (Lipinski definition) is 2. The van der Waals surface area contributed by atoms with Crippen molar-refractivity contribution in [3.63, 3.8) is 0 Å². The lowest BCUT2D eigenvalue weighted by atomic mass is 10.0. The lowest BCUT2D eigenvalue weighted by Gasteiger charge is -2.19. The van der Waals surface area contributed by atoms with E-state index in [9.17, 15) is 0 Å². The van der Waals surface area contributed by atoms with Gasteiger partial charge in [-0.25, -0.2) is 0 Å². The molecular weight excluding hydrogens is 282 g/mol. The molecule has 2 aromatic rings. The normalized spacial score (nSPS) is 12.8. The Hall–Kier alpha value is -1.32. The summed E-state index contributed by atoms with van der Waals surface area (Å²) in [5.41, 5.74) is 2.24. The van der Waals surface area contributed by atoms with Crippen LogP contribution in [0.2, 0.25) is 5.02 Å². The van der Waals surface area contributed by atoms with E-state index in [1.165, 1.54) is 0 Å². The largest absolute Gasteiger partial charge is 0.310 e. The summed E-state index contributed by atoms with van der Waals surface area (Å²) in [6.45, 7) is 7.42. The highest BCUT2D eigenvalue weighted by Gasteiger charge is 2.16. The fourth-order valence-electron chi connectivity index (χ4n) is 2.35. The van der Waals surface area contributed by atoms with E-state index in [4.69, 9.17) is 11.6 Å². The van der Waals surface area contributed by atoms with Gasteiger partial charge in [-0.05, 0) is 44.5 Å². The molecule has 1 aromatic carbocycles. The highest BCUT2D eigenvalue weighted by molar-refractivity contribution is 6.31. The van der Waals surface area contributed by atoms with Gasteiger partial charge in [0.25, 0.3) is 0 Å². The summed E-state index contributed by atoms with van der Waals surface area (Å²) < 4.78 is 2.00. The van der Waals surface area contributed by atoms with Crippen LogP contribution in [0.5, 0.6) is 0 Å². The number of benzene rings is 1. The number of rotatable bonds is 7. The molecule has 1 N–H and O–H groups in total. The summed E-state index contributed by atoms with van der Waals surface area (Å²) in [4.78, 5) is 0. The van der Waals surface area contributed by atoms with Gasteiger partial charge in [-0.15, -0.1) is 0 Å². The van der Waals surface area contributed by atoms with Crippen molar-refractivity contribution < 1.29 is 0 Å². The van der Waals surface area contributed by atoms with Gasteiger partial charge in [0.15, 0.2) is 0 Å². The zero-order chi connectivity index (χ0) is 15.2. The standard InChI is InChI=1S/C17H24ClN3/c1-4-10-19-17(15-7-5-6-8-16(15)18)12-14-9-11-21(20-14)13(2)3/h5-9,11,13,17,19H,4,10,12H2,1-3H3. The zero-order valence-corrected chi connectivity index (χ0v) is 13.8. The molecule has 1 heterocycles. The predicted molar refractivity (Wildman–Crippen MR) is 88.8 cm³/mol. The Balaban J connectivity index is 2.18. The Morgan fingerprint density at radius 1 is 1.24 bits per heavy atom. The number of nitrogens with one attached hydrogen (secondary N) is 1. The highest BCUT2D eigenvalue weighted by atomic mass is 35.5. The second-order valence-corrected chi connectivity index (χ2v) is 6.02. The minimum atomic E-state index is 0.203. The molecule has 114 valence electrons. The molecule has 0 bridgehead atoms. The number of hydrogen-bond donors (Lipinski definition) is 1. The maximum absolute atomic E-state index is 6.35. The highest BCUT2D eigenvalue weighted by Crippen LogP contribution is 2.25. The average molecular weight is 306 g/mol. The molecule has 0 aliphatic rings. The first-order valence-corrected chi connectivity index (χ1v) is 8.01. The second-order valence-electron chi connectivity index (χ2n) is 5.61. The maximum atomic E-state index is 6.35. The summed E-state index contributed by atoms with van der Waals surface area (Å²) in [5.74, 6) is 0. The Morgan fingerprint density at radius 3 is 2.62 bits per heavy atom. The Bertz CT molecular complexity index is 563. The first-order chi connectivity index (χ1) is 10.1. The van der Waals surface area contributed by atoms with Crippen molar-refractivity contribution in [1.82, 2.24) is 15.1 Å². The lowest BCUT2D eigenvalue weighted by Crippen LogP contribution is -2.24. The summed E-state index contributed by atoms with van der Waals surface area (Å²) >= 11 is 6.35. The molecule has 21 heavy (non-hydrogen) atoms. The van der Waals surface area contributed by atoms with Crippen molar-refractivity contribution in [2.45, 2.75) is 45.7 Å². The molecule has 0 radical (unpaired) electrons. The molecule has 2 rings (SSSR count). The minimum Gasteiger partial charge on any atom is -0.310 e. The Morgan fingerprint density at radius 2 is 2.00 bits per heavy atom. The molecule has 1 atom stereocenters. The van der Waals surface area contributed by atoms with Gasteiger partial charge in [0, 0.05) is 29.7 Å². The molecule has 1 unspecified atom stereocenters. The molecule has 0 saturated heterocycles.